The van der Waals surface area contributed by atoms with Gasteiger partial charge >= 0.3 is 0 Å². The summed E-state index contributed by atoms with van der Waals surface area (Å²) in [5.74, 6) is -0.259. The number of carbonyl (C=O) groups excluding carboxylic acids is 1. The van der Waals surface area contributed by atoms with Gasteiger partial charge in [0, 0.05) is 17.1 Å². The fraction of sp³-hybridized carbons (Fsp3) is 0.316. The highest BCUT2D eigenvalue weighted by atomic mass is 35.5. The van der Waals surface area contributed by atoms with E-state index in [1.165, 1.54) is 0 Å². The Hall–Kier alpha value is -2.24. The first-order valence-electron chi connectivity index (χ1n) is 7.95. The van der Waals surface area contributed by atoms with Crippen LogP contribution in [0.2, 0.25) is 5.02 Å². The Labute approximate surface area is 151 Å². The zero-order valence-corrected chi connectivity index (χ0v) is 15.2. The number of aliphatic hydroxyl groups is 1. The van der Waals surface area contributed by atoms with Gasteiger partial charge in [0.05, 0.1) is 0 Å². The summed E-state index contributed by atoms with van der Waals surface area (Å²) in [6.45, 7) is 5.42. The molecular weight excluding hydrogens is 342 g/mol. The Morgan fingerprint density at radius 2 is 1.60 bits per heavy atom. The van der Waals surface area contributed by atoms with Gasteiger partial charge in [0.2, 0.25) is 0 Å². The molecule has 2 aromatic carbocycles. The minimum atomic E-state index is -1.29. The van der Waals surface area contributed by atoms with E-state index in [4.69, 9.17) is 11.6 Å². The number of halogens is 1. The second-order valence-electron chi connectivity index (χ2n) is 6.05. The Kier molecular flexibility index (Phi) is 5.93. The molecule has 0 radical (unpaired) electrons. The summed E-state index contributed by atoms with van der Waals surface area (Å²) >= 11 is 5.79. The fourth-order valence-corrected chi connectivity index (χ4v) is 2.82. The number of phenols is 2. The largest absolute Gasteiger partial charge is 0.507 e. The standard InChI is InChI=1S/C19H22ClNO4/c1-10-11(2)17(23)15(12(3)16(10)22)8-9-21-19(25)18(24)13-4-6-14(20)7-5-13/h4-7,18,22-24H,8-9H2,1-3H3,(H,21,25). The van der Waals surface area contributed by atoms with Crippen molar-refractivity contribution in [1.82, 2.24) is 5.32 Å². The van der Waals surface area contributed by atoms with Crippen molar-refractivity contribution in [2.24, 2.45) is 0 Å². The molecule has 4 N–H and O–H groups in total. The highest BCUT2D eigenvalue weighted by Gasteiger charge is 2.19. The van der Waals surface area contributed by atoms with Gasteiger partial charge in [-0.05, 0) is 61.6 Å². The average Bonchev–Trinajstić information content (AvgIpc) is 2.61. The minimum absolute atomic E-state index is 0.125. The molecule has 134 valence electrons. The molecule has 0 aliphatic rings. The van der Waals surface area contributed by atoms with E-state index in [9.17, 15) is 20.1 Å². The first kappa shape index (κ1) is 19.1. The molecule has 2 rings (SSSR count). The van der Waals surface area contributed by atoms with Crippen LogP contribution in [0.1, 0.15) is 33.9 Å². The number of amides is 1. The van der Waals surface area contributed by atoms with Crippen LogP contribution >= 0.6 is 11.6 Å². The molecule has 6 heteroatoms. The van der Waals surface area contributed by atoms with Gasteiger partial charge in [-0.15, -0.1) is 0 Å². The Bertz CT molecular complexity index is 758. The molecule has 1 amide bonds. The third-order valence-corrected chi connectivity index (χ3v) is 4.73. The van der Waals surface area contributed by atoms with Gasteiger partial charge in [-0.25, -0.2) is 0 Å². The molecule has 0 aromatic heterocycles. The molecule has 1 atom stereocenters. The van der Waals surface area contributed by atoms with E-state index >= 15 is 0 Å². The van der Waals surface area contributed by atoms with Crippen LogP contribution in [-0.2, 0) is 11.2 Å². The van der Waals surface area contributed by atoms with Crippen LogP contribution in [0.15, 0.2) is 24.3 Å². The van der Waals surface area contributed by atoms with Crippen molar-refractivity contribution in [1.29, 1.82) is 0 Å². The number of benzene rings is 2. The lowest BCUT2D eigenvalue weighted by molar-refractivity contribution is -0.129. The fourth-order valence-electron chi connectivity index (χ4n) is 2.69. The molecule has 0 spiro atoms. The van der Waals surface area contributed by atoms with Gasteiger partial charge in [-0.1, -0.05) is 23.7 Å². The molecule has 0 aliphatic heterocycles. The molecule has 0 heterocycles. The maximum Gasteiger partial charge on any atom is 0.253 e. The van der Waals surface area contributed by atoms with Crippen molar-refractivity contribution < 1.29 is 20.1 Å². The number of phenolic OH excluding ortho intramolecular Hbond substituents is 2. The van der Waals surface area contributed by atoms with Crippen LogP contribution in [0.5, 0.6) is 11.5 Å². The van der Waals surface area contributed by atoms with Crippen molar-refractivity contribution in [2.75, 3.05) is 6.54 Å². The lowest BCUT2D eigenvalue weighted by Crippen LogP contribution is -2.31. The number of aromatic hydroxyl groups is 2. The molecule has 0 saturated carbocycles. The highest BCUT2D eigenvalue weighted by molar-refractivity contribution is 6.30. The molecule has 0 aliphatic carbocycles. The normalized spacial score (nSPS) is 12.0. The zero-order chi connectivity index (χ0) is 18.7. The quantitative estimate of drug-likeness (QED) is 0.614. The summed E-state index contributed by atoms with van der Waals surface area (Å²) in [7, 11) is 0. The molecule has 5 nitrogen and oxygen atoms in total. The van der Waals surface area contributed by atoms with Crippen LogP contribution in [0.4, 0.5) is 0 Å². The van der Waals surface area contributed by atoms with Gasteiger partial charge in [0.25, 0.3) is 5.91 Å². The number of aliphatic hydroxyl groups excluding tert-OH is 1. The molecule has 0 saturated heterocycles. The summed E-state index contributed by atoms with van der Waals surface area (Å²) in [5, 5.41) is 33.6. The summed E-state index contributed by atoms with van der Waals surface area (Å²) in [5.41, 5.74) is 2.88. The van der Waals surface area contributed by atoms with Crippen molar-refractivity contribution in [3.8, 4) is 11.5 Å². The molecule has 1 unspecified atom stereocenters. The monoisotopic (exact) mass is 363 g/mol. The van der Waals surface area contributed by atoms with E-state index in [1.54, 1.807) is 45.0 Å². The number of hydrogen-bond donors (Lipinski definition) is 4. The zero-order valence-electron chi connectivity index (χ0n) is 14.4. The maximum absolute atomic E-state index is 12.1. The highest BCUT2D eigenvalue weighted by Crippen LogP contribution is 2.36. The molecule has 0 bridgehead atoms. The Morgan fingerprint density at radius 1 is 1.04 bits per heavy atom. The van der Waals surface area contributed by atoms with Crippen molar-refractivity contribution in [2.45, 2.75) is 33.3 Å². The smallest absolute Gasteiger partial charge is 0.253 e. The average molecular weight is 364 g/mol. The van der Waals surface area contributed by atoms with Gasteiger partial charge < -0.3 is 20.6 Å². The van der Waals surface area contributed by atoms with Crippen LogP contribution in [-0.4, -0.2) is 27.8 Å². The maximum atomic E-state index is 12.1. The third kappa shape index (κ3) is 4.06. The van der Waals surface area contributed by atoms with E-state index < -0.39 is 12.0 Å². The lowest BCUT2D eigenvalue weighted by Gasteiger charge is -2.17. The number of carbonyl (C=O) groups is 1. The van der Waals surface area contributed by atoms with Gasteiger partial charge in [0.15, 0.2) is 6.10 Å². The molecule has 0 fully saturated rings. The Morgan fingerprint density at radius 3 is 2.20 bits per heavy atom. The van der Waals surface area contributed by atoms with Crippen LogP contribution in [0.3, 0.4) is 0 Å². The first-order valence-corrected chi connectivity index (χ1v) is 8.33. The van der Waals surface area contributed by atoms with E-state index in [2.05, 4.69) is 5.32 Å². The first-order chi connectivity index (χ1) is 11.7. The number of rotatable bonds is 5. The number of hydrogen-bond acceptors (Lipinski definition) is 4. The Balaban J connectivity index is 2.03. The summed E-state index contributed by atoms with van der Waals surface area (Å²) in [6.07, 6.45) is -0.953. The van der Waals surface area contributed by atoms with Crippen molar-refractivity contribution >= 4 is 17.5 Å². The molecule has 2 aromatic rings. The lowest BCUT2D eigenvalue weighted by atomic mass is 9.95. The molecular formula is C19H22ClNO4. The predicted octanol–water partition coefficient (Wildman–Crippen LogP) is 3.07. The van der Waals surface area contributed by atoms with Gasteiger partial charge in [-0.2, -0.15) is 0 Å². The predicted molar refractivity (Wildman–Crippen MR) is 97.1 cm³/mol. The molecule has 25 heavy (non-hydrogen) atoms. The van der Waals surface area contributed by atoms with E-state index in [1.807, 2.05) is 0 Å². The minimum Gasteiger partial charge on any atom is -0.507 e. The third-order valence-electron chi connectivity index (χ3n) is 4.47. The van der Waals surface area contributed by atoms with E-state index in [0.717, 1.165) is 0 Å². The second-order valence-corrected chi connectivity index (χ2v) is 6.48. The summed E-state index contributed by atoms with van der Waals surface area (Å²) in [4.78, 5) is 12.1. The summed E-state index contributed by atoms with van der Waals surface area (Å²) < 4.78 is 0. The van der Waals surface area contributed by atoms with Gasteiger partial charge in [-0.3, -0.25) is 4.79 Å². The van der Waals surface area contributed by atoms with E-state index in [-0.39, 0.29) is 18.0 Å². The SMILES string of the molecule is Cc1c(C)c(O)c(CCNC(=O)C(O)c2ccc(Cl)cc2)c(C)c1O. The number of nitrogens with one attached hydrogen (secondary N) is 1. The van der Waals surface area contributed by atoms with E-state index in [0.29, 0.717) is 39.3 Å². The van der Waals surface area contributed by atoms with Crippen LogP contribution < -0.4 is 5.32 Å². The van der Waals surface area contributed by atoms with Crippen molar-refractivity contribution in [3.63, 3.8) is 0 Å². The van der Waals surface area contributed by atoms with Crippen LogP contribution in [0.25, 0.3) is 0 Å². The van der Waals surface area contributed by atoms with Gasteiger partial charge in [0.1, 0.15) is 11.5 Å². The topological polar surface area (TPSA) is 89.8 Å². The van der Waals surface area contributed by atoms with Crippen LogP contribution in [0, 0.1) is 20.8 Å². The van der Waals surface area contributed by atoms with Crippen molar-refractivity contribution in [3.05, 3.63) is 57.1 Å². The second kappa shape index (κ2) is 7.76. The summed E-state index contributed by atoms with van der Waals surface area (Å²) in [6, 6.07) is 6.38.